The molecule has 1 aliphatic heterocycles. The highest BCUT2D eigenvalue weighted by Gasteiger charge is 2.22. The maximum absolute atomic E-state index is 10.5. The number of ether oxygens (including phenoxy) is 1. The van der Waals surface area contributed by atoms with Crippen LogP contribution in [0.1, 0.15) is 6.42 Å². The van der Waals surface area contributed by atoms with E-state index >= 15 is 0 Å². The second kappa shape index (κ2) is 4.16. The molecule has 82 valence electrons. The summed E-state index contributed by atoms with van der Waals surface area (Å²) in [7, 11) is 0. The van der Waals surface area contributed by atoms with Gasteiger partial charge >= 0.3 is 5.82 Å². The van der Waals surface area contributed by atoms with Crippen molar-refractivity contribution in [2.45, 2.75) is 13.0 Å². The molecule has 0 N–H and O–H groups in total. The molecule has 7 heteroatoms. The van der Waals surface area contributed by atoms with E-state index in [-0.39, 0.29) is 10.8 Å². The summed E-state index contributed by atoms with van der Waals surface area (Å²) in [5, 5.41) is 14.4. The molecular weight excluding hydrogens is 222 g/mol. The smallest absolute Gasteiger partial charge is 0.381 e. The van der Waals surface area contributed by atoms with Gasteiger partial charge < -0.3 is 14.9 Å². The van der Waals surface area contributed by atoms with Crippen LogP contribution < -0.4 is 0 Å². The molecule has 15 heavy (non-hydrogen) atoms. The Morgan fingerprint density at radius 1 is 1.80 bits per heavy atom. The number of nitrogens with zero attached hydrogens (tertiary/aromatic N) is 3. The third-order valence-electron chi connectivity index (χ3n) is 2.34. The average molecular weight is 232 g/mol. The van der Waals surface area contributed by atoms with E-state index in [1.54, 1.807) is 0 Å². The van der Waals surface area contributed by atoms with E-state index in [0.717, 1.165) is 13.0 Å². The Morgan fingerprint density at radius 3 is 3.13 bits per heavy atom. The van der Waals surface area contributed by atoms with Gasteiger partial charge in [0.05, 0.1) is 24.4 Å². The summed E-state index contributed by atoms with van der Waals surface area (Å²) in [5.41, 5.74) is 0. The van der Waals surface area contributed by atoms with Gasteiger partial charge in [-0.15, -0.1) is 0 Å². The highest BCUT2D eigenvalue weighted by molar-refractivity contribution is 6.32. The van der Waals surface area contributed by atoms with E-state index in [0.29, 0.717) is 19.1 Å². The van der Waals surface area contributed by atoms with Gasteiger partial charge in [0.25, 0.3) is 0 Å². The molecule has 0 bridgehead atoms. The molecule has 1 aromatic rings. The monoisotopic (exact) mass is 231 g/mol. The number of halogens is 1. The van der Waals surface area contributed by atoms with Crippen LogP contribution in [-0.2, 0) is 11.3 Å². The third-order valence-corrected chi connectivity index (χ3v) is 2.61. The Morgan fingerprint density at radius 2 is 2.60 bits per heavy atom. The summed E-state index contributed by atoms with van der Waals surface area (Å²) in [4.78, 5) is 9.91. The molecule has 0 amide bonds. The van der Waals surface area contributed by atoms with Crippen molar-refractivity contribution in [2.24, 2.45) is 5.92 Å². The lowest BCUT2D eigenvalue weighted by Crippen LogP contribution is -2.11. The minimum absolute atomic E-state index is 0.0823. The van der Waals surface area contributed by atoms with Crippen LogP contribution in [-0.4, -0.2) is 27.9 Å². The predicted molar refractivity (Wildman–Crippen MR) is 52.8 cm³/mol. The lowest BCUT2D eigenvalue weighted by atomic mass is 10.1. The van der Waals surface area contributed by atoms with E-state index in [1.807, 2.05) is 0 Å². The Kier molecular flexibility index (Phi) is 2.88. The molecule has 6 nitrogen and oxygen atoms in total. The largest absolute Gasteiger partial charge is 0.408 e. The first kappa shape index (κ1) is 10.4. The molecule has 0 aliphatic carbocycles. The van der Waals surface area contributed by atoms with Gasteiger partial charge in [-0.25, -0.2) is 0 Å². The maximum Gasteiger partial charge on any atom is 0.408 e. The van der Waals surface area contributed by atoms with Gasteiger partial charge in [-0.1, -0.05) is 11.6 Å². The normalized spacial score (nSPS) is 20.7. The van der Waals surface area contributed by atoms with Crippen molar-refractivity contribution in [3.63, 3.8) is 0 Å². The van der Waals surface area contributed by atoms with Crippen molar-refractivity contribution in [3.05, 3.63) is 21.3 Å². The zero-order chi connectivity index (χ0) is 10.8. The van der Waals surface area contributed by atoms with Crippen molar-refractivity contribution in [3.8, 4) is 0 Å². The van der Waals surface area contributed by atoms with Gasteiger partial charge in [-0.2, -0.15) is 4.68 Å². The van der Waals surface area contributed by atoms with E-state index < -0.39 is 4.92 Å². The molecule has 1 aliphatic rings. The molecule has 1 fully saturated rings. The van der Waals surface area contributed by atoms with Crippen molar-refractivity contribution >= 4 is 17.4 Å². The molecule has 2 heterocycles. The molecular formula is C8H10ClN3O3. The number of hydrogen-bond acceptors (Lipinski definition) is 4. The van der Waals surface area contributed by atoms with Gasteiger partial charge in [-0.05, 0) is 11.3 Å². The van der Waals surface area contributed by atoms with Crippen LogP contribution in [0.5, 0.6) is 0 Å². The number of aromatic nitrogens is 2. The summed E-state index contributed by atoms with van der Waals surface area (Å²) in [6.07, 6.45) is 2.45. The van der Waals surface area contributed by atoms with Gasteiger partial charge in [0, 0.05) is 12.5 Å². The predicted octanol–water partition coefficient (Wildman–Crippen LogP) is 1.48. The standard InChI is InChI=1S/C8H10ClN3O3/c9-7-4-11(10-8(7)12(13)14)3-6-1-2-15-5-6/h4,6H,1-3,5H2. The zero-order valence-corrected chi connectivity index (χ0v) is 8.68. The van der Waals surface area contributed by atoms with Gasteiger partial charge in [0.15, 0.2) is 5.02 Å². The Hall–Kier alpha value is -1.14. The third kappa shape index (κ3) is 2.27. The Labute approximate surface area is 90.9 Å². The van der Waals surface area contributed by atoms with E-state index in [2.05, 4.69) is 5.10 Å². The first-order valence-corrected chi connectivity index (χ1v) is 4.99. The van der Waals surface area contributed by atoms with Crippen LogP contribution in [0.25, 0.3) is 0 Å². The van der Waals surface area contributed by atoms with Crippen LogP contribution in [0, 0.1) is 16.0 Å². The maximum atomic E-state index is 10.5. The minimum atomic E-state index is -0.579. The van der Waals surface area contributed by atoms with Crippen molar-refractivity contribution < 1.29 is 9.66 Å². The van der Waals surface area contributed by atoms with Gasteiger partial charge in [0.2, 0.25) is 0 Å². The van der Waals surface area contributed by atoms with Crippen molar-refractivity contribution in [1.29, 1.82) is 0 Å². The highest BCUT2D eigenvalue weighted by Crippen LogP contribution is 2.23. The average Bonchev–Trinajstić information content (AvgIpc) is 2.75. The fourth-order valence-electron chi connectivity index (χ4n) is 1.60. The summed E-state index contributed by atoms with van der Waals surface area (Å²) in [6, 6.07) is 0. The quantitative estimate of drug-likeness (QED) is 0.584. The molecule has 1 unspecified atom stereocenters. The topological polar surface area (TPSA) is 70.2 Å². The molecule has 2 rings (SSSR count). The number of hydrogen-bond donors (Lipinski definition) is 0. The van der Waals surface area contributed by atoms with Crippen molar-refractivity contribution in [2.75, 3.05) is 13.2 Å². The second-order valence-corrected chi connectivity index (χ2v) is 3.92. The first-order valence-electron chi connectivity index (χ1n) is 4.62. The fraction of sp³-hybridized carbons (Fsp3) is 0.625. The molecule has 0 spiro atoms. The highest BCUT2D eigenvalue weighted by atomic mass is 35.5. The van der Waals surface area contributed by atoms with Gasteiger partial charge in [0.1, 0.15) is 0 Å². The zero-order valence-electron chi connectivity index (χ0n) is 7.93. The molecule has 0 saturated carbocycles. The fourth-order valence-corrected chi connectivity index (χ4v) is 1.82. The molecule has 0 aromatic carbocycles. The van der Waals surface area contributed by atoms with Crippen LogP contribution in [0.3, 0.4) is 0 Å². The Bertz CT molecular complexity index is 373. The van der Waals surface area contributed by atoms with Crippen LogP contribution in [0.15, 0.2) is 6.20 Å². The summed E-state index contributed by atoms with van der Waals surface area (Å²) in [5.74, 6) is 0.0937. The number of rotatable bonds is 3. The second-order valence-electron chi connectivity index (χ2n) is 3.51. The van der Waals surface area contributed by atoms with Crippen LogP contribution in [0.4, 0.5) is 5.82 Å². The number of nitro groups is 1. The first-order chi connectivity index (χ1) is 7.16. The Balaban J connectivity index is 2.08. The van der Waals surface area contributed by atoms with E-state index in [9.17, 15) is 10.1 Å². The van der Waals surface area contributed by atoms with Crippen LogP contribution >= 0.6 is 11.6 Å². The van der Waals surface area contributed by atoms with E-state index in [1.165, 1.54) is 10.9 Å². The summed E-state index contributed by atoms with van der Waals surface area (Å²) in [6.45, 7) is 2.06. The SMILES string of the molecule is O=[N+]([O-])c1nn(CC2CCOC2)cc1Cl. The van der Waals surface area contributed by atoms with Gasteiger partial charge in [-0.3, -0.25) is 0 Å². The molecule has 1 aromatic heterocycles. The van der Waals surface area contributed by atoms with E-state index in [4.69, 9.17) is 16.3 Å². The molecule has 1 atom stereocenters. The lowest BCUT2D eigenvalue weighted by Gasteiger charge is -2.02. The molecule has 0 radical (unpaired) electrons. The minimum Gasteiger partial charge on any atom is -0.381 e. The molecule has 1 saturated heterocycles. The van der Waals surface area contributed by atoms with Crippen LogP contribution in [0.2, 0.25) is 5.02 Å². The summed E-state index contributed by atoms with van der Waals surface area (Å²) >= 11 is 5.67. The van der Waals surface area contributed by atoms with Crippen molar-refractivity contribution in [1.82, 2.24) is 9.78 Å². The lowest BCUT2D eigenvalue weighted by molar-refractivity contribution is -0.389. The summed E-state index contributed by atoms with van der Waals surface area (Å²) < 4.78 is 6.72.